The highest BCUT2D eigenvalue weighted by molar-refractivity contribution is 9.10. The van der Waals surface area contributed by atoms with Crippen molar-refractivity contribution in [3.8, 4) is 0 Å². The number of rotatable bonds is 2. The van der Waals surface area contributed by atoms with E-state index in [1.54, 1.807) is 5.01 Å². The Labute approximate surface area is 212 Å². The summed E-state index contributed by atoms with van der Waals surface area (Å²) in [4.78, 5) is 19.1. The molecule has 1 amide bonds. The van der Waals surface area contributed by atoms with Gasteiger partial charge in [0.2, 0.25) is 0 Å². The number of hydrogen-bond acceptors (Lipinski definition) is 4. The molecular weight excluding hydrogens is 512 g/mol. The largest absolute Gasteiger partial charge is 0.368 e. The summed E-state index contributed by atoms with van der Waals surface area (Å²) in [5.41, 5.74) is 4.42. The highest BCUT2D eigenvalue weighted by atomic mass is 79.9. The molecule has 6 rings (SSSR count). The summed E-state index contributed by atoms with van der Waals surface area (Å²) in [7, 11) is 0. The van der Waals surface area contributed by atoms with Crippen LogP contribution in [0.4, 0.5) is 17.1 Å². The van der Waals surface area contributed by atoms with Gasteiger partial charge in [0.15, 0.2) is 0 Å². The summed E-state index contributed by atoms with van der Waals surface area (Å²) in [6.45, 7) is 4.41. The molecule has 3 heterocycles. The molecular formula is C27H24BrClN4O. The van der Waals surface area contributed by atoms with Gasteiger partial charge in [-0.2, -0.15) is 10.1 Å². The van der Waals surface area contributed by atoms with E-state index in [1.165, 1.54) is 11.3 Å². The predicted octanol–water partition coefficient (Wildman–Crippen LogP) is 5.76. The van der Waals surface area contributed by atoms with Gasteiger partial charge >= 0.3 is 0 Å². The van der Waals surface area contributed by atoms with E-state index in [0.717, 1.165) is 46.2 Å². The molecule has 5 nitrogen and oxygen atoms in total. The summed E-state index contributed by atoms with van der Waals surface area (Å²) in [5.74, 6) is 0.0461. The van der Waals surface area contributed by atoms with Crippen LogP contribution in [0.2, 0.25) is 5.02 Å². The highest BCUT2D eigenvalue weighted by Gasteiger charge is 2.60. The van der Waals surface area contributed by atoms with Crippen molar-refractivity contribution in [1.29, 1.82) is 0 Å². The van der Waals surface area contributed by atoms with Crippen LogP contribution in [0.15, 0.2) is 82.4 Å². The highest BCUT2D eigenvalue weighted by Crippen LogP contribution is 2.49. The summed E-state index contributed by atoms with van der Waals surface area (Å²) in [6, 6.07) is 24.1. The van der Waals surface area contributed by atoms with Crippen LogP contribution in [0.25, 0.3) is 0 Å². The number of fused-ring (bicyclic) bond motifs is 4. The second-order valence-corrected chi connectivity index (χ2v) is 10.5. The van der Waals surface area contributed by atoms with Crippen molar-refractivity contribution < 1.29 is 4.79 Å². The van der Waals surface area contributed by atoms with E-state index in [4.69, 9.17) is 16.7 Å². The smallest absolute Gasteiger partial charge is 0.261 e. The van der Waals surface area contributed by atoms with Crippen molar-refractivity contribution in [2.75, 3.05) is 34.4 Å². The van der Waals surface area contributed by atoms with Crippen molar-refractivity contribution in [1.82, 2.24) is 0 Å². The Hall–Kier alpha value is -2.83. The molecule has 0 unspecified atom stereocenters. The van der Waals surface area contributed by atoms with E-state index in [0.29, 0.717) is 6.42 Å². The van der Waals surface area contributed by atoms with Gasteiger partial charge in [-0.1, -0.05) is 51.8 Å². The lowest BCUT2D eigenvalue weighted by Crippen LogP contribution is -2.67. The van der Waals surface area contributed by atoms with Crippen molar-refractivity contribution in [2.24, 2.45) is 10.5 Å². The van der Waals surface area contributed by atoms with E-state index in [-0.39, 0.29) is 11.9 Å². The van der Waals surface area contributed by atoms with Crippen LogP contribution in [-0.4, -0.2) is 37.3 Å². The van der Waals surface area contributed by atoms with Gasteiger partial charge in [0.05, 0.1) is 17.4 Å². The zero-order valence-corrected chi connectivity index (χ0v) is 21.1. The minimum Gasteiger partial charge on any atom is -0.368 e. The van der Waals surface area contributed by atoms with Crippen LogP contribution in [0.1, 0.15) is 12.5 Å². The molecule has 1 fully saturated rings. The Morgan fingerprint density at radius 3 is 2.59 bits per heavy atom. The number of amides is 1. The molecule has 0 N–H and O–H groups in total. The lowest BCUT2D eigenvalue weighted by atomic mass is 9.67. The molecule has 2 atom stereocenters. The van der Waals surface area contributed by atoms with Crippen LogP contribution in [0, 0.1) is 5.41 Å². The van der Waals surface area contributed by atoms with Crippen molar-refractivity contribution >= 4 is 56.2 Å². The van der Waals surface area contributed by atoms with Gasteiger partial charge in [0, 0.05) is 40.5 Å². The molecule has 0 aliphatic carbocycles. The average molecular weight is 536 g/mol. The standard InChI is InChI=1S/C27H24BrClN4O/c1-18-27(26(34)33(30-18)22-7-3-2-4-8-22)16-19-14-20(28)10-11-24(19)32-13-12-31(17-25(27)32)23-9-5-6-21(29)15-23/h2-11,14-15,25H,12-13,16-17H2,1H3/t25-,27-/m1/s1. The Morgan fingerprint density at radius 2 is 1.79 bits per heavy atom. The maximum atomic E-state index is 14.3. The predicted molar refractivity (Wildman–Crippen MR) is 142 cm³/mol. The third kappa shape index (κ3) is 3.27. The first kappa shape index (κ1) is 21.7. The third-order valence-electron chi connectivity index (χ3n) is 7.41. The van der Waals surface area contributed by atoms with Crippen LogP contribution in [0.5, 0.6) is 0 Å². The first-order chi connectivity index (χ1) is 16.5. The molecule has 1 spiro atoms. The lowest BCUT2D eigenvalue weighted by Gasteiger charge is -2.53. The first-order valence-corrected chi connectivity index (χ1v) is 12.7. The molecule has 7 heteroatoms. The van der Waals surface area contributed by atoms with Crippen LogP contribution >= 0.6 is 27.5 Å². The van der Waals surface area contributed by atoms with Gasteiger partial charge in [-0.3, -0.25) is 4.79 Å². The fourth-order valence-electron chi connectivity index (χ4n) is 5.75. The van der Waals surface area contributed by atoms with Gasteiger partial charge < -0.3 is 9.80 Å². The molecule has 172 valence electrons. The van der Waals surface area contributed by atoms with E-state index < -0.39 is 5.41 Å². The van der Waals surface area contributed by atoms with Crippen LogP contribution in [-0.2, 0) is 11.2 Å². The molecule has 1 saturated heterocycles. The zero-order valence-electron chi connectivity index (χ0n) is 18.8. The van der Waals surface area contributed by atoms with Crippen molar-refractivity contribution in [3.05, 3.63) is 87.9 Å². The fourth-order valence-corrected chi connectivity index (χ4v) is 6.35. The molecule has 3 aromatic rings. The lowest BCUT2D eigenvalue weighted by molar-refractivity contribution is -0.125. The second-order valence-electron chi connectivity index (χ2n) is 9.19. The molecule has 0 radical (unpaired) electrons. The third-order valence-corrected chi connectivity index (χ3v) is 8.14. The number of halogens is 2. The van der Waals surface area contributed by atoms with E-state index >= 15 is 0 Å². The number of benzene rings is 3. The molecule has 3 aromatic carbocycles. The number of hydrazone groups is 1. The van der Waals surface area contributed by atoms with Gasteiger partial charge in [-0.25, -0.2) is 0 Å². The number of piperazine rings is 1. The Balaban J connectivity index is 1.46. The zero-order chi connectivity index (χ0) is 23.4. The SMILES string of the molecule is CC1=NN(c2ccccc2)C(=O)[C@]12Cc1cc(Br)ccc1N1CCN(c3cccc(Cl)c3)C[C@@H]12. The monoisotopic (exact) mass is 534 g/mol. The summed E-state index contributed by atoms with van der Waals surface area (Å²) in [6.07, 6.45) is 0.629. The van der Waals surface area contributed by atoms with E-state index in [9.17, 15) is 4.79 Å². The fraction of sp³-hybridized carbons (Fsp3) is 0.259. The number of carbonyl (C=O) groups excluding carboxylic acids is 1. The van der Waals surface area contributed by atoms with E-state index in [2.05, 4.69) is 50.0 Å². The Bertz CT molecular complexity index is 1310. The quantitative estimate of drug-likeness (QED) is 0.419. The van der Waals surface area contributed by atoms with Crippen LogP contribution < -0.4 is 14.8 Å². The number of carbonyl (C=O) groups is 1. The average Bonchev–Trinajstić information content (AvgIpc) is 3.10. The second kappa shape index (κ2) is 8.14. The molecule has 34 heavy (non-hydrogen) atoms. The maximum Gasteiger partial charge on any atom is 0.261 e. The maximum absolute atomic E-state index is 14.3. The van der Waals surface area contributed by atoms with Crippen molar-refractivity contribution in [3.63, 3.8) is 0 Å². The van der Waals surface area contributed by atoms with Gasteiger partial charge in [-0.05, 0) is 67.4 Å². The van der Waals surface area contributed by atoms with Gasteiger partial charge in [0.1, 0.15) is 5.41 Å². The molecule has 0 aromatic heterocycles. The summed E-state index contributed by atoms with van der Waals surface area (Å²) in [5, 5.41) is 7.16. The minimum atomic E-state index is -0.735. The number of anilines is 3. The minimum absolute atomic E-state index is 0.0427. The first-order valence-electron chi connectivity index (χ1n) is 11.5. The summed E-state index contributed by atoms with van der Waals surface area (Å²) < 4.78 is 1.03. The topological polar surface area (TPSA) is 39.2 Å². The Morgan fingerprint density at radius 1 is 1.00 bits per heavy atom. The normalized spacial score (nSPS) is 23.7. The summed E-state index contributed by atoms with van der Waals surface area (Å²) >= 11 is 9.95. The Kier molecular flexibility index (Phi) is 5.19. The van der Waals surface area contributed by atoms with Gasteiger partial charge in [-0.15, -0.1) is 0 Å². The number of para-hydroxylation sites is 1. The number of nitrogens with zero attached hydrogens (tertiary/aromatic N) is 4. The number of hydrogen-bond donors (Lipinski definition) is 0. The molecule has 0 bridgehead atoms. The van der Waals surface area contributed by atoms with Crippen LogP contribution in [0.3, 0.4) is 0 Å². The van der Waals surface area contributed by atoms with Gasteiger partial charge in [0.25, 0.3) is 5.91 Å². The molecule has 0 saturated carbocycles. The van der Waals surface area contributed by atoms with E-state index in [1.807, 2.05) is 55.5 Å². The molecule has 3 aliphatic heterocycles. The van der Waals surface area contributed by atoms with Crippen molar-refractivity contribution in [2.45, 2.75) is 19.4 Å². The molecule has 3 aliphatic rings.